The van der Waals surface area contributed by atoms with Crippen LogP contribution in [0.25, 0.3) is 0 Å². The molecule has 0 atom stereocenters. The van der Waals surface area contributed by atoms with Crippen molar-refractivity contribution in [2.45, 2.75) is 6.42 Å². The van der Waals surface area contributed by atoms with Crippen molar-refractivity contribution < 1.29 is 9.18 Å². The third-order valence-corrected chi connectivity index (χ3v) is 2.35. The lowest BCUT2D eigenvalue weighted by molar-refractivity contribution is 0.0950. The molecule has 0 aromatic heterocycles. The Morgan fingerprint density at radius 3 is 2.87 bits per heavy atom. The van der Waals surface area contributed by atoms with E-state index in [-0.39, 0.29) is 10.6 Å². The molecule has 1 aromatic rings. The molecule has 0 fully saturated rings. The van der Waals surface area contributed by atoms with E-state index in [1.54, 1.807) is 0 Å². The number of rotatable bonds is 4. The fourth-order valence-corrected chi connectivity index (χ4v) is 1.35. The summed E-state index contributed by atoms with van der Waals surface area (Å²) in [6, 6.07) is 4.31. The highest BCUT2D eigenvalue weighted by Gasteiger charge is 2.12. The number of halogens is 3. The molecule has 0 spiro atoms. The first-order valence-corrected chi connectivity index (χ1v) is 5.36. The van der Waals surface area contributed by atoms with Gasteiger partial charge in [0.05, 0.1) is 10.6 Å². The van der Waals surface area contributed by atoms with Crippen LogP contribution in [0, 0.1) is 5.82 Å². The molecule has 5 heteroatoms. The largest absolute Gasteiger partial charge is 0.352 e. The molecule has 0 unspecified atom stereocenters. The number of carbonyl (C=O) groups is 1. The maximum atomic E-state index is 13.3. The first-order valence-electron chi connectivity index (χ1n) is 4.45. The highest BCUT2D eigenvalue weighted by Crippen LogP contribution is 2.17. The van der Waals surface area contributed by atoms with Gasteiger partial charge in [0.25, 0.3) is 5.91 Å². The van der Waals surface area contributed by atoms with E-state index in [2.05, 4.69) is 5.32 Å². The second-order valence-electron chi connectivity index (χ2n) is 2.90. The molecule has 2 nitrogen and oxygen atoms in total. The molecule has 1 amide bonds. The van der Waals surface area contributed by atoms with Crippen LogP contribution < -0.4 is 5.32 Å². The van der Waals surface area contributed by atoms with Crippen LogP contribution in [0.5, 0.6) is 0 Å². The third-order valence-electron chi connectivity index (χ3n) is 1.79. The molecule has 0 aliphatic rings. The van der Waals surface area contributed by atoms with Gasteiger partial charge in [0.1, 0.15) is 0 Å². The van der Waals surface area contributed by atoms with Crippen molar-refractivity contribution in [2.24, 2.45) is 0 Å². The van der Waals surface area contributed by atoms with Gasteiger partial charge in [-0.05, 0) is 18.6 Å². The Labute approximate surface area is 97.4 Å². The van der Waals surface area contributed by atoms with Crippen LogP contribution in [-0.4, -0.2) is 18.3 Å². The number of carbonyl (C=O) groups excluding carboxylic acids is 1. The standard InChI is InChI=1S/C10H10Cl2FNO/c11-5-2-6-14-10(15)7-3-1-4-8(12)9(7)13/h1,3-4H,2,5-6H2,(H,14,15). The van der Waals surface area contributed by atoms with Crippen molar-refractivity contribution in [3.63, 3.8) is 0 Å². The monoisotopic (exact) mass is 249 g/mol. The van der Waals surface area contributed by atoms with Gasteiger partial charge in [-0.25, -0.2) is 4.39 Å². The van der Waals surface area contributed by atoms with Crippen LogP contribution in [-0.2, 0) is 0 Å². The molecule has 0 aliphatic heterocycles. The summed E-state index contributed by atoms with van der Waals surface area (Å²) in [6.07, 6.45) is 0.648. The van der Waals surface area contributed by atoms with Crippen LogP contribution in [0.1, 0.15) is 16.8 Å². The van der Waals surface area contributed by atoms with Crippen LogP contribution in [0.3, 0.4) is 0 Å². The third kappa shape index (κ3) is 3.36. The lowest BCUT2D eigenvalue weighted by atomic mass is 10.2. The van der Waals surface area contributed by atoms with Gasteiger partial charge >= 0.3 is 0 Å². The zero-order chi connectivity index (χ0) is 11.3. The van der Waals surface area contributed by atoms with E-state index < -0.39 is 11.7 Å². The zero-order valence-corrected chi connectivity index (χ0v) is 9.41. The number of amides is 1. The summed E-state index contributed by atoms with van der Waals surface area (Å²) in [7, 11) is 0. The fraction of sp³-hybridized carbons (Fsp3) is 0.300. The summed E-state index contributed by atoms with van der Waals surface area (Å²) in [6.45, 7) is 0.425. The predicted molar refractivity (Wildman–Crippen MR) is 59.1 cm³/mol. The average Bonchev–Trinajstić information content (AvgIpc) is 2.22. The summed E-state index contributed by atoms with van der Waals surface area (Å²) in [4.78, 5) is 11.4. The lowest BCUT2D eigenvalue weighted by Gasteiger charge is -2.05. The van der Waals surface area contributed by atoms with E-state index in [1.807, 2.05) is 0 Å². The van der Waals surface area contributed by atoms with Crippen LogP contribution in [0.2, 0.25) is 5.02 Å². The minimum absolute atomic E-state index is 0.0444. The van der Waals surface area contributed by atoms with Gasteiger partial charge in [0.15, 0.2) is 5.82 Å². The molecule has 1 N–H and O–H groups in total. The van der Waals surface area contributed by atoms with Crippen LogP contribution in [0.4, 0.5) is 4.39 Å². The normalized spacial score (nSPS) is 10.1. The minimum Gasteiger partial charge on any atom is -0.352 e. The number of benzene rings is 1. The van der Waals surface area contributed by atoms with E-state index in [9.17, 15) is 9.18 Å². The minimum atomic E-state index is -0.692. The first kappa shape index (κ1) is 12.3. The molecule has 0 radical (unpaired) electrons. The maximum absolute atomic E-state index is 13.3. The maximum Gasteiger partial charge on any atom is 0.254 e. The Bertz CT molecular complexity index is 357. The molecule has 0 heterocycles. The Morgan fingerprint density at radius 1 is 1.47 bits per heavy atom. The second kappa shape index (κ2) is 5.93. The Balaban J connectivity index is 2.69. The number of hydrogen-bond donors (Lipinski definition) is 1. The highest BCUT2D eigenvalue weighted by molar-refractivity contribution is 6.31. The van der Waals surface area contributed by atoms with Gasteiger partial charge in [-0.3, -0.25) is 4.79 Å². The summed E-state index contributed by atoms with van der Waals surface area (Å²) in [5.74, 6) is -0.708. The topological polar surface area (TPSA) is 29.1 Å². The molecule has 1 rings (SSSR count). The molecule has 0 bridgehead atoms. The molecular weight excluding hydrogens is 240 g/mol. The van der Waals surface area contributed by atoms with E-state index in [4.69, 9.17) is 23.2 Å². The second-order valence-corrected chi connectivity index (χ2v) is 3.68. The van der Waals surface area contributed by atoms with Gasteiger partial charge in [0.2, 0.25) is 0 Å². The van der Waals surface area contributed by atoms with E-state index >= 15 is 0 Å². The van der Waals surface area contributed by atoms with Crippen molar-refractivity contribution in [3.8, 4) is 0 Å². The Morgan fingerprint density at radius 2 is 2.20 bits per heavy atom. The van der Waals surface area contributed by atoms with Crippen molar-refractivity contribution in [2.75, 3.05) is 12.4 Å². The van der Waals surface area contributed by atoms with Crippen molar-refractivity contribution in [1.29, 1.82) is 0 Å². The summed E-state index contributed by atoms with van der Waals surface area (Å²) < 4.78 is 13.3. The molecule has 0 saturated heterocycles. The average molecular weight is 250 g/mol. The van der Waals surface area contributed by atoms with Gasteiger partial charge in [0, 0.05) is 12.4 Å². The van der Waals surface area contributed by atoms with E-state index in [0.717, 1.165) is 0 Å². The predicted octanol–water partition coefficient (Wildman–Crippen LogP) is 2.84. The van der Waals surface area contributed by atoms with E-state index in [0.29, 0.717) is 18.8 Å². The molecule has 15 heavy (non-hydrogen) atoms. The SMILES string of the molecule is O=C(NCCCCl)c1cccc(Cl)c1F. The van der Waals surface area contributed by atoms with Crippen LogP contribution in [0.15, 0.2) is 18.2 Å². The molecule has 0 aliphatic carbocycles. The van der Waals surface area contributed by atoms with Crippen LogP contribution >= 0.6 is 23.2 Å². The summed E-state index contributed by atoms with van der Waals surface area (Å²) in [5.41, 5.74) is -0.0444. The number of nitrogens with one attached hydrogen (secondary N) is 1. The van der Waals surface area contributed by atoms with E-state index in [1.165, 1.54) is 18.2 Å². The van der Waals surface area contributed by atoms with Crippen molar-refractivity contribution in [3.05, 3.63) is 34.6 Å². The highest BCUT2D eigenvalue weighted by atomic mass is 35.5. The summed E-state index contributed by atoms with van der Waals surface area (Å²) in [5, 5.41) is 2.49. The molecule has 1 aromatic carbocycles. The van der Waals surface area contributed by atoms with Crippen molar-refractivity contribution in [1.82, 2.24) is 5.32 Å². The fourth-order valence-electron chi connectivity index (χ4n) is 1.04. The Kier molecular flexibility index (Phi) is 4.85. The summed E-state index contributed by atoms with van der Waals surface area (Å²) >= 11 is 11.0. The van der Waals surface area contributed by atoms with Gasteiger partial charge in [-0.2, -0.15) is 0 Å². The lowest BCUT2D eigenvalue weighted by Crippen LogP contribution is -2.25. The number of alkyl halides is 1. The number of hydrogen-bond acceptors (Lipinski definition) is 1. The zero-order valence-electron chi connectivity index (χ0n) is 7.90. The van der Waals surface area contributed by atoms with Gasteiger partial charge in [-0.15, -0.1) is 11.6 Å². The van der Waals surface area contributed by atoms with Gasteiger partial charge < -0.3 is 5.32 Å². The Hall–Kier alpha value is -0.800. The molecular formula is C10H10Cl2FNO. The first-order chi connectivity index (χ1) is 7.16. The van der Waals surface area contributed by atoms with Crippen molar-refractivity contribution >= 4 is 29.1 Å². The molecule has 0 saturated carbocycles. The molecule has 82 valence electrons. The quantitative estimate of drug-likeness (QED) is 0.646. The van der Waals surface area contributed by atoms with Gasteiger partial charge in [-0.1, -0.05) is 17.7 Å². The smallest absolute Gasteiger partial charge is 0.254 e.